The highest BCUT2D eigenvalue weighted by Crippen LogP contribution is 2.27. The van der Waals surface area contributed by atoms with Gasteiger partial charge < -0.3 is 15.8 Å². The zero-order valence-electron chi connectivity index (χ0n) is 14.0. The number of nitrogens with zero attached hydrogens (tertiary/aromatic N) is 1. The minimum absolute atomic E-state index is 0. The molecule has 2 rings (SSSR count). The first kappa shape index (κ1) is 20.6. The van der Waals surface area contributed by atoms with E-state index >= 15 is 0 Å². The number of hydrogen-bond donors (Lipinski definition) is 2. The maximum atomic E-state index is 6.09. The molecule has 0 fully saturated rings. The Morgan fingerprint density at radius 2 is 2.04 bits per heavy atom. The van der Waals surface area contributed by atoms with Gasteiger partial charge in [0, 0.05) is 18.2 Å². The van der Waals surface area contributed by atoms with Gasteiger partial charge in [-0.25, -0.2) is 0 Å². The lowest BCUT2D eigenvalue weighted by atomic mass is 10.00. The number of benzene rings is 2. The highest BCUT2D eigenvalue weighted by molar-refractivity contribution is 14.0. The first-order valence-corrected chi connectivity index (χ1v) is 7.84. The van der Waals surface area contributed by atoms with Crippen LogP contribution in [0.25, 0.3) is 0 Å². The molecule has 1 unspecified atom stereocenters. The SMILES string of the molecule is COc1ccc(NC(N)=NCC(C)c2cccc(C)c2)cc1Cl.I. The zero-order chi connectivity index (χ0) is 16.8. The van der Waals surface area contributed by atoms with E-state index in [0.717, 1.165) is 5.69 Å². The minimum atomic E-state index is 0. The number of hydrogen-bond acceptors (Lipinski definition) is 2. The summed E-state index contributed by atoms with van der Waals surface area (Å²) in [6.45, 7) is 4.84. The Balaban J connectivity index is 0.00000288. The number of methoxy groups -OCH3 is 1. The zero-order valence-corrected chi connectivity index (χ0v) is 17.1. The summed E-state index contributed by atoms with van der Waals surface area (Å²) in [6.07, 6.45) is 0. The molecule has 0 spiro atoms. The average molecular weight is 460 g/mol. The molecule has 2 aromatic rings. The van der Waals surface area contributed by atoms with E-state index in [1.807, 2.05) is 6.07 Å². The van der Waals surface area contributed by atoms with E-state index < -0.39 is 0 Å². The standard InChI is InChI=1S/C18H22ClN3O.HI/c1-12-5-4-6-14(9-12)13(2)11-21-18(20)22-15-7-8-17(23-3)16(19)10-15;/h4-10,13H,11H2,1-3H3,(H3,20,21,22);1H. The highest BCUT2D eigenvalue weighted by Gasteiger charge is 2.06. The second kappa shape index (κ2) is 9.74. The Labute approximate surface area is 165 Å². The van der Waals surface area contributed by atoms with Gasteiger partial charge in [-0.2, -0.15) is 0 Å². The van der Waals surface area contributed by atoms with Crippen molar-refractivity contribution < 1.29 is 4.74 Å². The molecule has 24 heavy (non-hydrogen) atoms. The number of halogens is 2. The van der Waals surface area contributed by atoms with Gasteiger partial charge in [0.05, 0.1) is 12.1 Å². The molecule has 0 aliphatic carbocycles. The number of aryl methyl sites for hydroxylation is 1. The fourth-order valence-corrected chi connectivity index (χ4v) is 2.51. The molecule has 0 amide bonds. The molecule has 0 heterocycles. The van der Waals surface area contributed by atoms with Crippen molar-refractivity contribution in [3.63, 3.8) is 0 Å². The summed E-state index contributed by atoms with van der Waals surface area (Å²) in [5, 5.41) is 3.57. The predicted octanol–water partition coefficient (Wildman–Crippen LogP) is 4.81. The summed E-state index contributed by atoms with van der Waals surface area (Å²) < 4.78 is 5.12. The van der Waals surface area contributed by atoms with Crippen molar-refractivity contribution in [1.82, 2.24) is 0 Å². The van der Waals surface area contributed by atoms with Crippen molar-refractivity contribution in [3.05, 3.63) is 58.6 Å². The van der Waals surface area contributed by atoms with Gasteiger partial charge in [-0.05, 0) is 30.7 Å². The molecule has 0 bridgehead atoms. The van der Waals surface area contributed by atoms with Gasteiger partial charge in [-0.15, -0.1) is 24.0 Å². The van der Waals surface area contributed by atoms with Crippen LogP contribution in [0.1, 0.15) is 24.0 Å². The number of anilines is 1. The molecule has 6 heteroatoms. The maximum absolute atomic E-state index is 6.09. The van der Waals surface area contributed by atoms with Crippen LogP contribution in [0.15, 0.2) is 47.5 Å². The summed E-state index contributed by atoms with van der Waals surface area (Å²) >= 11 is 6.09. The van der Waals surface area contributed by atoms with Crippen LogP contribution in [0.2, 0.25) is 5.02 Å². The summed E-state index contributed by atoms with van der Waals surface area (Å²) in [7, 11) is 1.58. The lowest BCUT2D eigenvalue weighted by Crippen LogP contribution is -2.23. The fourth-order valence-electron chi connectivity index (χ4n) is 2.25. The second-order valence-electron chi connectivity index (χ2n) is 5.52. The van der Waals surface area contributed by atoms with Crippen LogP contribution in [0.4, 0.5) is 5.69 Å². The number of aliphatic imine (C=N–C) groups is 1. The van der Waals surface area contributed by atoms with Crippen molar-refractivity contribution >= 4 is 47.2 Å². The summed E-state index contributed by atoms with van der Waals surface area (Å²) in [5.41, 5.74) is 9.23. The minimum Gasteiger partial charge on any atom is -0.495 e. The van der Waals surface area contributed by atoms with Crippen LogP contribution < -0.4 is 15.8 Å². The van der Waals surface area contributed by atoms with E-state index in [1.54, 1.807) is 19.2 Å². The molecule has 1 atom stereocenters. The van der Waals surface area contributed by atoms with Crippen molar-refractivity contribution in [1.29, 1.82) is 0 Å². The highest BCUT2D eigenvalue weighted by atomic mass is 127. The second-order valence-corrected chi connectivity index (χ2v) is 5.92. The molecule has 2 aromatic carbocycles. The van der Waals surface area contributed by atoms with E-state index in [0.29, 0.717) is 29.2 Å². The van der Waals surface area contributed by atoms with Crippen LogP contribution in [0.3, 0.4) is 0 Å². The largest absolute Gasteiger partial charge is 0.495 e. The Morgan fingerprint density at radius 3 is 2.67 bits per heavy atom. The number of rotatable bonds is 5. The Hall–Kier alpha value is -1.47. The van der Waals surface area contributed by atoms with Crippen LogP contribution in [-0.4, -0.2) is 19.6 Å². The van der Waals surface area contributed by atoms with Gasteiger partial charge in [0.25, 0.3) is 0 Å². The van der Waals surface area contributed by atoms with Crippen LogP contribution in [0.5, 0.6) is 5.75 Å². The number of guanidine groups is 1. The number of ether oxygens (including phenoxy) is 1. The molecular weight excluding hydrogens is 437 g/mol. The first-order valence-electron chi connectivity index (χ1n) is 7.46. The third-order valence-electron chi connectivity index (χ3n) is 3.57. The maximum Gasteiger partial charge on any atom is 0.193 e. The van der Waals surface area contributed by atoms with Gasteiger partial charge in [0.2, 0.25) is 0 Å². The van der Waals surface area contributed by atoms with Crippen molar-refractivity contribution in [3.8, 4) is 5.75 Å². The summed E-state index contributed by atoms with van der Waals surface area (Å²) in [6, 6.07) is 13.8. The van der Waals surface area contributed by atoms with E-state index in [9.17, 15) is 0 Å². The van der Waals surface area contributed by atoms with Crippen molar-refractivity contribution in [2.75, 3.05) is 19.0 Å². The van der Waals surface area contributed by atoms with Gasteiger partial charge in [0.15, 0.2) is 5.96 Å². The predicted molar refractivity (Wildman–Crippen MR) is 113 cm³/mol. The first-order chi connectivity index (χ1) is 11.0. The average Bonchev–Trinajstić information content (AvgIpc) is 2.53. The number of nitrogens with two attached hydrogens (primary N) is 1. The topological polar surface area (TPSA) is 59.6 Å². The Kier molecular flexibility index (Phi) is 8.35. The van der Waals surface area contributed by atoms with E-state index in [1.165, 1.54) is 11.1 Å². The molecular formula is C18H23ClIN3O. The molecule has 4 nitrogen and oxygen atoms in total. The van der Waals surface area contributed by atoms with Crippen LogP contribution >= 0.6 is 35.6 Å². The molecule has 0 aliphatic rings. The third kappa shape index (κ3) is 5.87. The van der Waals surface area contributed by atoms with Crippen LogP contribution in [-0.2, 0) is 0 Å². The third-order valence-corrected chi connectivity index (χ3v) is 3.87. The number of nitrogens with one attached hydrogen (secondary N) is 1. The van der Waals surface area contributed by atoms with Crippen LogP contribution in [0, 0.1) is 6.92 Å². The Bertz CT molecular complexity index is 706. The molecule has 3 N–H and O–H groups in total. The summed E-state index contributed by atoms with van der Waals surface area (Å²) in [5.74, 6) is 1.29. The van der Waals surface area contributed by atoms with Gasteiger partial charge in [0.1, 0.15) is 5.75 Å². The van der Waals surface area contributed by atoms with Gasteiger partial charge in [-0.3, -0.25) is 4.99 Å². The Morgan fingerprint density at radius 1 is 1.29 bits per heavy atom. The molecule has 0 radical (unpaired) electrons. The molecule has 0 saturated heterocycles. The van der Waals surface area contributed by atoms with E-state index in [2.05, 4.69) is 48.4 Å². The van der Waals surface area contributed by atoms with Gasteiger partial charge >= 0.3 is 0 Å². The lowest BCUT2D eigenvalue weighted by molar-refractivity contribution is 0.415. The normalized spacial score (nSPS) is 12.2. The van der Waals surface area contributed by atoms with E-state index in [-0.39, 0.29) is 24.0 Å². The van der Waals surface area contributed by atoms with E-state index in [4.69, 9.17) is 22.1 Å². The monoisotopic (exact) mass is 459 g/mol. The smallest absolute Gasteiger partial charge is 0.193 e. The molecule has 130 valence electrons. The van der Waals surface area contributed by atoms with Gasteiger partial charge in [-0.1, -0.05) is 48.4 Å². The van der Waals surface area contributed by atoms with Crippen molar-refractivity contribution in [2.45, 2.75) is 19.8 Å². The summed E-state index contributed by atoms with van der Waals surface area (Å²) in [4.78, 5) is 4.41. The molecule has 0 aromatic heterocycles. The van der Waals surface area contributed by atoms with Crippen molar-refractivity contribution in [2.24, 2.45) is 10.7 Å². The molecule has 0 saturated carbocycles. The lowest BCUT2D eigenvalue weighted by Gasteiger charge is -2.12. The molecule has 0 aliphatic heterocycles. The fraction of sp³-hybridized carbons (Fsp3) is 0.278. The quantitative estimate of drug-likeness (QED) is 0.383.